The van der Waals surface area contributed by atoms with Crippen molar-refractivity contribution in [3.05, 3.63) is 31.9 Å². The van der Waals surface area contributed by atoms with Crippen molar-refractivity contribution in [2.45, 2.75) is 13.8 Å². The number of rotatable bonds is 0. The van der Waals surface area contributed by atoms with Crippen molar-refractivity contribution in [2.75, 3.05) is 0 Å². The molecule has 0 amide bonds. The fourth-order valence-corrected chi connectivity index (χ4v) is 1.62. The van der Waals surface area contributed by atoms with E-state index in [4.69, 9.17) is 11.6 Å². The Morgan fingerprint density at radius 1 is 1.20 bits per heavy atom. The Morgan fingerprint density at radius 2 is 1.80 bits per heavy atom. The summed E-state index contributed by atoms with van der Waals surface area (Å²) in [6.45, 7) is 4.11. The van der Waals surface area contributed by atoms with E-state index < -0.39 is 0 Å². The number of halogens is 2. The van der Waals surface area contributed by atoms with Crippen molar-refractivity contribution in [2.24, 2.45) is 0 Å². The van der Waals surface area contributed by atoms with Crippen LogP contribution in [0.3, 0.4) is 0 Å². The summed E-state index contributed by atoms with van der Waals surface area (Å²) in [5.41, 5.74) is 2.45. The van der Waals surface area contributed by atoms with Crippen LogP contribution in [0.1, 0.15) is 11.1 Å². The van der Waals surface area contributed by atoms with Gasteiger partial charge < -0.3 is 0 Å². The third kappa shape index (κ3) is 1.64. The first kappa shape index (κ1) is 8.34. The van der Waals surface area contributed by atoms with Gasteiger partial charge in [-0.15, -0.1) is 0 Å². The smallest absolute Gasteiger partial charge is 0.0445 e. The van der Waals surface area contributed by atoms with Crippen LogP contribution in [0, 0.1) is 17.4 Å². The van der Waals surface area contributed by atoms with Crippen molar-refractivity contribution >= 4 is 34.2 Å². The van der Waals surface area contributed by atoms with E-state index in [0.717, 1.165) is 10.6 Å². The van der Waals surface area contributed by atoms with Crippen LogP contribution in [0.2, 0.25) is 5.02 Å². The number of aryl methyl sites for hydroxylation is 2. The highest BCUT2D eigenvalue weighted by Gasteiger charge is 1.98. The highest BCUT2D eigenvalue weighted by molar-refractivity contribution is 14.1. The number of benzene rings is 1. The molecule has 0 fully saturated rings. The highest BCUT2D eigenvalue weighted by Crippen LogP contribution is 2.21. The lowest BCUT2D eigenvalue weighted by Gasteiger charge is -2.01. The van der Waals surface area contributed by atoms with Crippen LogP contribution in [0.4, 0.5) is 0 Å². The van der Waals surface area contributed by atoms with Crippen molar-refractivity contribution in [1.82, 2.24) is 0 Å². The van der Waals surface area contributed by atoms with Gasteiger partial charge in [-0.05, 0) is 53.6 Å². The van der Waals surface area contributed by atoms with E-state index >= 15 is 0 Å². The fourth-order valence-electron chi connectivity index (χ4n) is 0.802. The summed E-state index contributed by atoms with van der Waals surface area (Å²) in [7, 11) is 0. The molecular formula is C8H8ClI. The van der Waals surface area contributed by atoms with E-state index in [2.05, 4.69) is 35.6 Å². The van der Waals surface area contributed by atoms with Gasteiger partial charge in [0.2, 0.25) is 0 Å². The molecule has 0 aliphatic carbocycles. The molecule has 0 atom stereocenters. The molecule has 10 heavy (non-hydrogen) atoms. The van der Waals surface area contributed by atoms with Gasteiger partial charge in [0.1, 0.15) is 0 Å². The summed E-state index contributed by atoms with van der Waals surface area (Å²) >= 11 is 8.16. The van der Waals surface area contributed by atoms with Crippen LogP contribution in [-0.4, -0.2) is 0 Å². The zero-order valence-electron chi connectivity index (χ0n) is 5.91. The maximum absolute atomic E-state index is 5.88. The Hall–Kier alpha value is 0.240. The van der Waals surface area contributed by atoms with Crippen molar-refractivity contribution in [1.29, 1.82) is 0 Å². The van der Waals surface area contributed by atoms with Crippen molar-refractivity contribution < 1.29 is 0 Å². The summed E-state index contributed by atoms with van der Waals surface area (Å²) in [6.07, 6.45) is 0. The molecule has 1 aromatic carbocycles. The summed E-state index contributed by atoms with van der Waals surface area (Å²) in [5, 5.41) is 0.856. The SMILES string of the molecule is Cc1cc(C)c(I)cc1Cl. The van der Waals surface area contributed by atoms with Gasteiger partial charge in [0, 0.05) is 8.59 Å². The van der Waals surface area contributed by atoms with Crippen LogP contribution in [-0.2, 0) is 0 Å². The predicted molar refractivity (Wildman–Crippen MR) is 53.6 cm³/mol. The Morgan fingerprint density at radius 3 is 2.30 bits per heavy atom. The first-order valence-corrected chi connectivity index (χ1v) is 4.49. The standard InChI is InChI=1S/C8H8ClI/c1-5-3-6(2)8(10)4-7(5)9/h3-4H,1-2H3. The monoisotopic (exact) mass is 266 g/mol. The molecule has 0 nitrogen and oxygen atoms in total. The Kier molecular flexibility index (Phi) is 2.58. The van der Waals surface area contributed by atoms with E-state index in [-0.39, 0.29) is 0 Å². The molecule has 0 aliphatic rings. The lowest BCUT2D eigenvalue weighted by molar-refractivity contribution is 1.36. The second-order valence-electron chi connectivity index (χ2n) is 2.35. The molecule has 0 bridgehead atoms. The lowest BCUT2D eigenvalue weighted by Crippen LogP contribution is -1.82. The second-order valence-corrected chi connectivity index (χ2v) is 3.92. The minimum absolute atomic E-state index is 0.856. The van der Waals surface area contributed by atoms with E-state index in [1.807, 2.05) is 13.0 Å². The fraction of sp³-hybridized carbons (Fsp3) is 0.250. The van der Waals surface area contributed by atoms with Crippen LogP contribution >= 0.6 is 34.2 Å². The molecule has 0 N–H and O–H groups in total. The van der Waals surface area contributed by atoms with Gasteiger partial charge in [-0.3, -0.25) is 0 Å². The third-order valence-corrected chi connectivity index (χ3v) is 3.01. The van der Waals surface area contributed by atoms with Gasteiger partial charge in [-0.2, -0.15) is 0 Å². The van der Waals surface area contributed by atoms with Crippen LogP contribution in [0.5, 0.6) is 0 Å². The minimum Gasteiger partial charge on any atom is -0.0840 e. The van der Waals surface area contributed by atoms with Gasteiger partial charge in [-0.1, -0.05) is 17.7 Å². The topological polar surface area (TPSA) is 0 Å². The van der Waals surface area contributed by atoms with Gasteiger partial charge in [-0.25, -0.2) is 0 Å². The van der Waals surface area contributed by atoms with Gasteiger partial charge in [0.05, 0.1) is 0 Å². The van der Waals surface area contributed by atoms with Crippen molar-refractivity contribution in [3.63, 3.8) is 0 Å². The minimum atomic E-state index is 0.856. The zero-order chi connectivity index (χ0) is 7.72. The lowest BCUT2D eigenvalue weighted by atomic mass is 10.2. The molecule has 0 radical (unpaired) electrons. The maximum atomic E-state index is 5.88. The molecule has 0 aliphatic heterocycles. The summed E-state index contributed by atoms with van der Waals surface area (Å²) in [6, 6.07) is 4.09. The van der Waals surface area contributed by atoms with Gasteiger partial charge in [0.25, 0.3) is 0 Å². The van der Waals surface area contributed by atoms with Crippen LogP contribution in [0.25, 0.3) is 0 Å². The number of hydrogen-bond acceptors (Lipinski definition) is 0. The van der Waals surface area contributed by atoms with E-state index in [0.29, 0.717) is 0 Å². The zero-order valence-corrected chi connectivity index (χ0v) is 8.82. The quantitative estimate of drug-likeness (QED) is 0.630. The molecule has 0 saturated carbocycles. The molecule has 0 unspecified atom stereocenters. The molecule has 0 heterocycles. The van der Waals surface area contributed by atoms with Crippen LogP contribution in [0.15, 0.2) is 12.1 Å². The third-order valence-electron chi connectivity index (χ3n) is 1.44. The van der Waals surface area contributed by atoms with E-state index in [1.165, 1.54) is 9.13 Å². The van der Waals surface area contributed by atoms with E-state index in [1.54, 1.807) is 0 Å². The maximum Gasteiger partial charge on any atom is 0.0445 e. The summed E-state index contributed by atoms with van der Waals surface area (Å²) in [5.74, 6) is 0. The average molecular weight is 267 g/mol. The first-order valence-electron chi connectivity index (χ1n) is 3.03. The second kappa shape index (κ2) is 3.09. The first-order chi connectivity index (χ1) is 4.61. The molecule has 0 spiro atoms. The van der Waals surface area contributed by atoms with E-state index in [9.17, 15) is 0 Å². The molecule has 54 valence electrons. The van der Waals surface area contributed by atoms with Crippen LogP contribution < -0.4 is 0 Å². The highest BCUT2D eigenvalue weighted by atomic mass is 127. The van der Waals surface area contributed by atoms with Crippen molar-refractivity contribution in [3.8, 4) is 0 Å². The largest absolute Gasteiger partial charge is 0.0840 e. The Bertz CT molecular complexity index is 205. The molecule has 1 aromatic rings. The average Bonchev–Trinajstić information content (AvgIpc) is 1.84. The molecule has 0 saturated heterocycles. The van der Waals surface area contributed by atoms with Gasteiger partial charge in [0.15, 0.2) is 0 Å². The Labute approximate surface area is 79.7 Å². The summed E-state index contributed by atoms with van der Waals surface area (Å²) < 4.78 is 1.23. The molecule has 0 aromatic heterocycles. The number of hydrogen-bond donors (Lipinski definition) is 0. The molecule has 1 rings (SSSR count). The Balaban J connectivity index is 3.28. The van der Waals surface area contributed by atoms with Gasteiger partial charge >= 0.3 is 0 Å². The molecular weight excluding hydrogens is 258 g/mol. The molecule has 2 heteroatoms. The predicted octanol–water partition coefficient (Wildman–Crippen LogP) is 3.56. The summed E-state index contributed by atoms with van der Waals surface area (Å²) in [4.78, 5) is 0. The normalized spacial score (nSPS) is 10.0.